The Labute approximate surface area is 150 Å². The van der Waals surface area contributed by atoms with E-state index >= 15 is 0 Å². The second-order valence-electron chi connectivity index (χ2n) is 6.43. The van der Waals surface area contributed by atoms with Crippen LogP contribution in [-0.4, -0.2) is 36.2 Å². The summed E-state index contributed by atoms with van der Waals surface area (Å²) in [5.74, 6) is -0.394. The molecule has 8 heteroatoms. The third kappa shape index (κ3) is 3.66. The molecule has 4 N–H and O–H groups in total. The number of benzene rings is 1. The van der Waals surface area contributed by atoms with E-state index in [2.05, 4.69) is 35.2 Å². The molecule has 0 fully saturated rings. The van der Waals surface area contributed by atoms with Gasteiger partial charge in [0.15, 0.2) is 0 Å². The summed E-state index contributed by atoms with van der Waals surface area (Å²) in [6, 6.07) is 7.77. The lowest BCUT2D eigenvalue weighted by atomic mass is 10.0. The maximum Gasteiger partial charge on any atom is 0.267 e. The van der Waals surface area contributed by atoms with E-state index < -0.39 is 5.91 Å². The van der Waals surface area contributed by atoms with Crippen LogP contribution in [0.15, 0.2) is 36.5 Å². The largest absolute Gasteiger partial charge is 0.392 e. The van der Waals surface area contributed by atoms with Crippen molar-refractivity contribution in [3.05, 3.63) is 53.5 Å². The van der Waals surface area contributed by atoms with Crippen molar-refractivity contribution in [1.82, 2.24) is 25.5 Å². The molecule has 2 aromatic heterocycles. The number of aliphatic hydroxyl groups is 1. The molecule has 0 bridgehead atoms. The molecule has 0 saturated carbocycles. The van der Waals surface area contributed by atoms with Crippen LogP contribution < -0.4 is 5.48 Å². The molecule has 3 aromatic rings. The number of aromatic nitrogens is 4. The predicted molar refractivity (Wildman–Crippen MR) is 96.2 cm³/mol. The average molecular weight is 355 g/mol. The van der Waals surface area contributed by atoms with Crippen molar-refractivity contribution in [1.29, 1.82) is 0 Å². The molecule has 0 spiro atoms. The van der Waals surface area contributed by atoms with Gasteiger partial charge in [0.1, 0.15) is 5.69 Å². The first-order valence-electron chi connectivity index (χ1n) is 8.28. The molecule has 1 aromatic carbocycles. The van der Waals surface area contributed by atoms with E-state index in [1.54, 1.807) is 10.9 Å². The zero-order valence-electron chi connectivity index (χ0n) is 14.5. The quantitative estimate of drug-likeness (QED) is 0.307. The second kappa shape index (κ2) is 7.51. The monoisotopic (exact) mass is 355 g/mol. The number of rotatable bonds is 6. The van der Waals surface area contributed by atoms with E-state index in [0.717, 1.165) is 22.2 Å². The molecule has 1 unspecified atom stereocenters. The van der Waals surface area contributed by atoms with E-state index in [4.69, 9.17) is 5.21 Å². The third-order valence-electron chi connectivity index (χ3n) is 4.17. The summed E-state index contributed by atoms with van der Waals surface area (Å²) in [6.07, 6.45) is 4.40. The van der Waals surface area contributed by atoms with Crippen molar-refractivity contribution in [2.45, 2.75) is 26.5 Å². The number of fused-ring (bicyclic) bond motifs is 1. The van der Waals surface area contributed by atoms with E-state index in [9.17, 15) is 9.90 Å². The van der Waals surface area contributed by atoms with Crippen LogP contribution in [0, 0.1) is 5.92 Å². The molecule has 0 aliphatic heterocycles. The molecule has 136 valence electrons. The summed E-state index contributed by atoms with van der Waals surface area (Å²) in [7, 11) is 0. The van der Waals surface area contributed by atoms with Gasteiger partial charge in [-0.05, 0) is 35.8 Å². The smallest absolute Gasteiger partial charge is 0.267 e. The summed E-state index contributed by atoms with van der Waals surface area (Å²) >= 11 is 0. The highest BCUT2D eigenvalue weighted by Crippen LogP contribution is 2.29. The predicted octanol–water partition coefficient (Wildman–Crippen LogP) is 2.02. The van der Waals surface area contributed by atoms with Gasteiger partial charge in [0, 0.05) is 22.7 Å². The van der Waals surface area contributed by atoms with Gasteiger partial charge < -0.3 is 10.1 Å². The number of nitrogens with one attached hydrogen (secondary N) is 2. The Kier molecular flexibility index (Phi) is 5.15. The Morgan fingerprint density at radius 2 is 2.19 bits per heavy atom. The normalized spacial score (nSPS) is 13.0. The Morgan fingerprint density at radius 1 is 1.38 bits per heavy atom. The molecular weight excluding hydrogens is 334 g/mol. The Morgan fingerprint density at radius 3 is 2.88 bits per heavy atom. The van der Waals surface area contributed by atoms with E-state index in [1.807, 2.05) is 18.2 Å². The van der Waals surface area contributed by atoms with Crippen LogP contribution in [0.2, 0.25) is 0 Å². The van der Waals surface area contributed by atoms with Crippen molar-refractivity contribution < 1.29 is 15.1 Å². The molecule has 8 nitrogen and oxygen atoms in total. The molecular formula is C18H21N5O3. The molecule has 3 rings (SSSR count). The number of H-pyrrole nitrogens is 1. The molecule has 0 radical (unpaired) electrons. The Hall–Kier alpha value is -2.97. The van der Waals surface area contributed by atoms with Crippen LogP contribution in [0.4, 0.5) is 0 Å². The Bertz CT molecular complexity index is 941. The lowest BCUT2D eigenvalue weighted by molar-refractivity contribution is -0.124. The van der Waals surface area contributed by atoms with Crippen molar-refractivity contribution in [3.8, 4) is 0 Å². The standard InChI is InChI=1S/C18H21N5O3/c1-11(2)18(23-9-14(20-22-23)4-6-17(25)21-26)16-8-13-7-12(10-24)3-5-15(13)19-16/h3-9,11,18-19,24,26H,10H2,1-2H3,(H,21,25). The van der Waals surface area contributed by atoms with Gasteiger partial charge in [0.05, 0.1) is 18.8 Å². The van der Waals surface area contributed by atoms with Crippen molar-refractivity contribution in [3.63, 3.8) is 0 Å². The minimum atomic E-state index is -0.629. The van der Waals surface area contributed by atoms with Gasteiger partial charge in [-0.3, -0.25) is 10.0 Å². The number of hydrogen-bond acceptors (Lipinski definition) is 5. The third-order valence-corrected chi connectivity index (χ3v) is 4.17. The van der Waals surface area contributed by atoms with Crippen LogP contribution in [0.1, 0.15) is 36.8 Å². The van der Waals surface area contributed by atoms with Crippen molar-refractivity contribution in [2.75, 3.05) is 0 Å². The molecule has 2 heterocycles. The van der Waals surface area contributed by atoms with Crippen molar-refractivity contribution in [2.24, 2.45) is 5.92 Å². The molecule has 1 atom stereocenters. The summed E-state index contributed by atoms with van der Waals surface area (Å²) in [5.41, 5.74) is 4.88. The lowest BCUT2D eigenvalue weighted by Gasteiger charge is -2.19. The molecule has 0 aliphatic carbocycles. The molecule has 0 saturated heterocycles. The minimum absolute atomic E-state index is 0.00422. The van der Waals surface area contributed by atoms with Gasteiger partial charge in [0.2, 0.25) is 0 Å². The van der Waals surface area contributed by atoms with E-state index in [-0.39, 0.29) is 18.6 Å². The fourth-order valence-corrected chi connectivity index (χ4v) is 2.97. The summed E-state index contributed by atoms with van der Waals surface area (Å²) in [4.78, 5) is 14.5. The summed E-state index contributed by atoms with van der Waals surface area (Å²) < 4.78 is 1.75. The minimum Gasteiger partial charge on any atom is -0.392 e. The van der Waals surface area contributed by atoms with Crippen LogP contribution in [0.5, 0.6) is 0 Å². The molecule has 26 heavy (non-hydrogen) atoms. The zero-order valence-corrected chi connectivity index (χ0v) is 14.5. The molecule has 0 aliphatic rings. The zero-order chi connectivity index (χ0) is 18.7. The van der Waals surface area contributed by atoms with Gasteiger partial charge in [-0.1, -0.05) is 25.1 Å². The van der Waals surface area contributed by atoms with Crippen LogP contribution in [0.3, 0.4) is 0 Å². The second-order valence-corrected chi connectivity index (χ2v) is 6.43. The number of carbonyl (C=O) groups excluding carboxylic acids is 1. The first kappa shape index (κ1) is 17.8. The van der Waals surface area contributed by atoms with Crippen LogP contribution >= 0.6 is 0 Å². The first-order chi connectivity index (χ1) is 12.5. The number of aromatic amines is 1. The topological polar surface area (TPSA) is 116 Å². The number of nitrogens with zero attached hydrogens (tertiary/aromatic N) is 3. The van der Waals surface area contributed by atoms with Gasteiger partial charge >= 0.3 is 0 Å². The highest BCUT2D eigenvalue weighted by molar-refractivity contribution is 5.90. The number of hydroxylamine groups is 1. The van der Waals surface area contributed by atoms with Crippen LogP contribution in [-0.2, 0) is 11.4 Å². The summed E-state index contributed by atoms with van der Waals surface area (Å²) in [6.45, 7) is 4.18. The highest BCUT2D eigenvalue weighted by Gasteiger charge is 2.21. The van der Waals surface area contributed by atoms with Crippen molar-refractivity contribution >= 4 is 22.9 Å². The van der Waals surface area contributed by atoms with Gasteiger partial charge in [0.25, 0.3) is 5.91 Å². The van der Waals surface area contributed by atoms with Gasteiger partial charge in [-0.15, -0.1) is 5.10 Å². The molecule has 1 amide bonds. The summed E-state index contributed by atoms with van der Waals surface area (Å²) in [5, 5.41) is 27.1. The fourth-order valence-electron chi connectivity index (χ4n) is 2.97. The first-order valence-corrected chi connectivity index (χ1v) is 8.28. The van der Waals surface area contributed by atoms with Gasteiger partial charge in [-0.25, -0.2) is 10.2 Å². The number of amides is 1. The van der Waals surface area contributed by atoms with E-state index in [1.165, 1.54) is 17.6 Å². The SMILES string of the molecule is CC(C)C(c1cc2cc(CO)ccc2[nH]1)n1cc(C=CC(=O)NO)nn1. The average Bonchev–Trinajstić information content (AvgIpc) is 3.25. The highest BCUT2D eigenvalue weighted by atomic mass is 16.5. The number of aliphatic hydroxyl groups excluding tert-OH is 1. The maximum absolute atomic E-state index is 11.1. The fraction of sp³-hybridized carbons (Fsp3) is 0.278. The Balaban J connectivity index is 1.94. The lowest BCUT2D eigenvalue weighted by Crippen LogP contribution is -2.17. The van der Waals surface area contributed by atoms with Crippen LogP contribution in [0.25, 0.3) is 17.0 Å². The van der Waals surface area contributed by atoms with E-state index in [0.29, 0.717) is 5.69 Å². The maximum atomic E-state index is 11.1. The van der Waals surface area contributed by atoms with Gasteiger partial charge in [-0.2, -0.15) is 0 Å². The number of hydrogen-bond donors (Lipinski definition) is 4. The number of carbonyl (C=O) groups is 1.